The van der Waals surface area contributed by atoms with E-state index in [1.54, 1.807) is 20.1 Å². The van der Waals surface area contributed by atoms with Crippen molar-refractivity contribution in [3.8, 4) is 17.3 Å². The Labute approximate surface area is 193 Å². The first-order chi connectivity index (χ1) is 16.4. The highest BCUT2D eigenvalue weighted by atomic mass is 19.1. The molecule has 0 spiro atoms. The maximum absolute atomic E-state index is 14.3. The van der Waals surface area contributed by atoms with Crippen LogP contribution in [0.5, 0.6) is 0 Å². The van der Waals surface area contributed by atoms with Crippen LogP contribution >= 0.6 is 0 Å². The predicted octanol–water partition coefficient (Wildman–Crippen LogP) is 3.19. The topological polar surface area (TPSA) is 135 Å². The lowest BCUT2D eigenvalue weighted by Gasteiger charge is -2.22. The minimum absolute atomic E-state index is 0.131. The van der Waals surface area contributed by atoms with Gasteiger partial charge in [0.05, 0.1) is 29.6 Å². The fraction of sp³-hybridized carbons (Fsp3) is 0.273. The van der Waals surface area contributed by atoms with Crippen LogP contribution in [-0.4, -0.2) is 50.5 Å². The molecule has 3 aromatic rings. The lowest BCUT2D eigenvalue weighted by Crippen LogP contribution is -2.39. The molecule has 3 heterocycles. The summed E-state index contributed by atoms with van der Waals surface area (Å²) in [4.78, 5) is 20.8. The van der Waals surface area contributed by atoms with E-state index in [4.69, 9.17) is 5.26 Å². The molecule has 4 rings (SSSR count). The molecule has 1 atom stereocenters. The summed E-state index contributed by atoms with van der Waals surface area (Å²) in [6.07, 6.45) is 3.04. The summed E-state index contributed by atoms with van der Waals surface area (Å²) in [5, 5.41) is 26.9. The molecule has 34 heavy (non-hydrogen) atoms. The first kappa shape index (κ1) is 22.8. The molecule has 2 aromatic heterocycles. The van der Waals surface area contributed by atoms with Gasteiger partial charge in [0.2, 0.25) is 5.95 Å². The van der Waals surface area contributed by atoms with Crippen LogP contribution < -0.4 is 10.6 Å². The summed E-state index contributed by atoms with van der Waals surface area (Å²) in [5.41, 5.74) is 2.67. The highest BCUT2D eigenvalue weighted by molar-refractivity contribution is 5.78. The number of nitriles is 1. The van der Waals surface area contributed by atoms with Gasteiger partial charge in [0.1, 0.15) is 11.5 Å². The Hall–Kier alpha value is -4.40. The number of halogens is 2. The molecule has 1 aliphatic heterocycles. The van der Waals surface area contributed by atoms with E-state index in [-0.39, 0.29) is 30.3 Å². The molecule has 1 aromatic carbocycles. The lowest BCUT2D eigenvalue weighted by atomic mass is 10.0. The van der Waals surface area contributed by atoms with Crippen molar-refractivity contribution in [2.45, 2.75) is 26.3 Å². The van der Waals surface area contributed by atoms with Gasteiger partial charge in [0.15, 0.2) is 5.82 Å². The molecule has 0 radical (unpaired) electrons. The molecule has 2 amide bonds. The van der Waals surface area contributed by atoms with E-state index in [2.05, 4.69) is 35.9 Å². The number of urea groups is 1. The average molecular weight is 465 g/mol. The first-order valence-corrected chi connectivity index (χ1v) is 10.5. The SMILES string of the molecule is Cc1n[nH]c(C)c1-c1nc(NCCNC(=O)N2N=CC[C@H]2c2cc(F)cc(C#N)c2)ncc1F. The van der Waals surface area contributed by atoms with Crippen molar-refractivity contribution in [1.82, 2.24) is 30.5 Å². The number of H-pyrrole nitrogens is 1. The number of aromatic nitrogens is 4. The largest absolute Gasteiger partial charge is 0.352 e. The van der Waals surface area contributed by atoms with Crippen LogP contribution in [0.2, 0.25) is 0 Å². The second-order valence-electron chi connectivity index (χ2n) is 7.64. The second kappa shape index (κ2) is 9.62. The second-order valence-corrected chi connectivity index (χ2v) is 7.64. The number of hydrazone groups is 1. The summed E-state index contributed by atoms with van der Waals surface area (Å²) in [7, 11) is 0. The predicted molar refractivity (Wildman–Crippen MR) is 120 cm³/mol. The van der Waals surface area contributed by atoms with Crippen molar-refractivity contribution in [3.63, 3.8) is 0 Å². The maximum Gasteiger partial charge on any atom is 0.338 e. The number of nitrogens with zero attached hydrogens (tertiary/aromatic N) is 6. The van der Waals surface area contributed by atoms with E-state index in [1.165, 1.54) is 17.1 Å². The van der Waals surface area contributed by atoms with Crippen LogP contribution in [-0.2, 0) is 0 Å². The minimum atomic E-state index is -0.568. The van der Waals surface area contributed by atoms with Crippen molar-refractivity contribution < 1.29 is 13.6 Å². The van der Waals surface area contributed by atoms with Gasteiger partial charge in [0, 0.05) is 37.0 Å². The molecule has 0 saturated heterocycles. The molecule has 3 N–H and O–H groups in total. The number of benzene rings is 1. The third-order valence-electron chi connectivity index (χ3n) is 5.27. The van der Waals surface area contributed by atoms with Gasteiger partial charge in [0.25, 0.3) is 0 Å². The Morgan fingerprint density at radius 3 is 2.85 bits per heavy atom. The molecule has 0 saturated carbocycles. The molecule has 0 fully saturated rings. The fourth-order valence-corrected chi connectivity index (χ4v) is 3.71. The third kappa shape index (κ3) is 4.68. The van der Waals surface area contributed by atoms with Crippen molar-refractivity contribution in [2.24, 2.45) is 5.10 Å². The Kier molecular flexibility index (Phi) is 6.44. The maximum atomic E-state index is 14.3. The van der Waals surface area contributed by atoms with E-state index in [0.717, 1.165) is 12.3 Å². The van der Waals surface area contributed by atoms with Gasteiger partial charge in [-0.25, -0.2) is 28.6 Å². The zero-order valence-electron chi connectivity index (χ0n) is 18.4. The van der Waals surface area contributed by atoms with E-state index in [0.29, 0.717) is 28.9 Å². The number of rotatable bonds is 6. The van der Waals surface area contributed by atoms with E-state index < -0.39 is 23.7 Å². The number of aryl methyl sites for hydroxylation is 2. The molecule has 10 nitrogen and oxygen atoms in total. The van der Waals surface area contributed by atoms with Gasteiger partial charge >= 0.3 is 6.03 Å². The van der Waals surface area contributed by atoms with Gasteiger partial charge in [-0.2, -0.15) is 15.5 Å². The van der Waals surface area contributed by atoms with Crippen LogP contribution in [0.3, 0.4) is 0 Å². The number of amides is 2. The van der Waals surface area contributed by atoms with Crippen LogP contribution in [0, 0.1) is 36.8 Å². The van der Waals surface area contributed by atoms with E-state index in [9.17, 15) is 13.6 Å². The van der Waals surface area contributed by atoms with Gasteiger partial charge in [-0.15, -0.1) is 0 Å². The molecule has 0 bridgehead atoms. The number of anilines is 1. The average Bonchev–Trinajstić information content (AvgIpc) is 3.44. The van der Waals surface area contributed by atoms with Gasteiger partial charge < -0.3 is 10.6 Å². The first-order valence-electron chi connectivity index (χ1n) is 10.5. The number of nitrogens with one attached hydrogen (secondary N) is 3. The Morgan fingerprint density at radius 2 is 2.12 bits per heavy atom. The molecule has 0 unspecified atom stereocenters. The van der Waals surface area contributed by atoms with E-state index in [1.807, 2.05) is 6.07 Å². The summed E-state index contributed by atoms with van der Waals surface area (Å²) in [5.74, 6) is -0.919. The quantitative estimate of drug-likeness (QED) is 0.479. The molecule has 0 aliphatic carbocycles. The molecule has 12 heteroatoms. The Balaban J connectivity index is 1.36. The monoisotopic (exact) mass is 465 g/mol. The van der Waals surface area contributed by atoms with Gasteiger partial charge in [-0.05, 0) is 37.6 Å². The molecular formula is C22H21F2N9O. The molecule has 174 valence electrons. The summed E-state index contributed by atoms with van der Waals surface area (Å²) in [6.45, 7) is 3.99. The van der Waals surface area contributed by atoms with Crippen LogP contribution in [0.4, 0.5) is 19.5 Å². The Bertz CT molecular complexity index is 1280. The summed E-state index contributed by atoms with van der Waals surface area (Å²) >= 11 is 0. The normalized spacial score (nSPS) is 14.8. The van der Waals surface area contributed by atoms with Crippen LogP contribution in [0.25, 0.3) is 11.3 Å². The Morgan fingerprint density at radius 1 is 1.29 bits per heavy atom. The van der Waals surface area contributed by atoms with Crippen molar-refractivity contribution >= 4 is 18.2 Å². The standard InChI is InChI=1S/C22H21F2N9O/c1-12-19(13(2)32-31-12)20-17(24)11-28-21(30-20)26-5-6-27-22(34)33-18(3-4-29-33)15-7-14(10-25)8-16(23)9-15/h4,7-9,11,18H,3,5-6H2,1-2H3,(H,27,34)(H,31,32)(H,26,28,30)/t18-/m0/s1. The fourth-order valence-electron chi connectivity index (χ4n) is 3.71. The smallest absolute Gasteiger partial charge is 0.338 e. The highest BCUT2D eigenvalue weighted by Gasteiger charge is 2.28. The summed E-state index contributed by atoms with van der Waals surface area (Å²) < 4.78 is 28.1. The van der Waals surface area contributed by atoms with Gasteiger partial charge in [-0.3, -0.25) is 5.10 Å². The zero-order valence-corrected chi connectivity index (χ0v) is 18.4. The summed E-state index contributed by atoms with van der Waals surface area (Å²) in [6, 6.07) is 4.87. The molecular weight excluding hydrogens is 444 g/mol. The van der Waals surface area contributed by atoms with Crippen molar-refractivity contribution in [1.29, 1.82) is 5.26 Å². The van der Waals surface area contributed by atoms with E-state index >= 15 is 0 Å². The van der Waals surface area contributed by atoms with Crippen LogP contribution in [0.1, 0.15) is 35.0 Å². The van der Waals surface area contributed by atoms with Crippen molar-refractivity contribution in [3.05, 3.63) is 58.5 Å². The number of carbonyl (C=O) groups excluding carboxylic acids is 1. The lowest BCUT2D eigenvalue weighted by molar-refractivity contribution is 0.186. The number of hydrogen-bond donors (Lipinski definition) is 3. The highest BCUT2D eigenvalue weighted by Crippen LogP contribution is 2.29. The van der Waals surface area contributed by atoms with Crippen LogP contribution in [0.15, 0.2) is 29.5 Å². The zero-order chi connectivity index (χ0) is 24.2. The number of carbonyl (C=O) groups is 1. The number of hydrogen-bond acceptors (Lipinski definition) is 7. The van der Waals surface area contributed by atoms with Crippen molar-refractivity contribution in [2.75, 3.05) is 18.4 Å². The van der Waals surface area contributed by atoms with Gasteiger partial charge in [-0.1, -0.05) is 0 Å². The molecule has 1 aliphatic rings. The third-order valence-corrected chi connectivity index (χ3v) is 5.27. The number of aromatic amines is 1. The minimum Gasteiger partial charge on any atom is -0.352 e.